The number of anilines is 1. The van der Waals surface area contributed by atoms with Crippen molar-refractivity contribution in [2.24, 2.45) is 4.99 Å². The van der Waals surface area contributed by atoms with Gasteiger partial charge in [-0.05, 0) is 61.7 Å². The molecule has 0 aromatic heterocycles. The van der Waals surface area contributed by atoms with Crippen molar-refractivity contribution in [3.63, 3.8) is 0 Å². The van der Waals surface area contributed by atoms with Crippen LogP contribution < -0.4 is 5.32 Å². The van der Waals surface area contributed by atoms with Crippen LogP contribution in [-0.2, 0) is 9.59 Å². The van der Waals surface area contributed by atoms with Crippen molar-refractivity contribution in [2.45, 2.75) is 32.4 Å². The Bertz CT molecular complexity index is 974. The maximum atomic E-state index is 12.6. The van der Waals surface area contributed by atoms with Crippen molar-refractivity contribution < 1.29 is 9.59 Å². The predicted octanol–water partition coefficient (Wildman–Crippen LogP) is 4.86. The van der Waals surface area contributed by atoms with Gasteiger partial charge in [-0.2, -0.15) is 0 Å². The Morgan fingerprint density at radius 3 is 2.64 bits per heavy atom. The molecule has 1 aliphatic heterocycles. The average molecular weight is 416 g/mol. The van der Waals surface area contributed by atoms with Crippen molar-refractivity contribution >= 4 is 51.7 Å². The highest BCUT2D eigenvalue weighted by atomic mass is 35.5. The summed E-state index contributed by atoms with van der Waals surface area (Å²) >= 11 is 7.30. The largest absolute Gasteiger partial charge is 0.326 e. The van der Waals surface area contributed by atoms with Gasteiger partial charge >= 0.3 is 0 Å². The molecule has 0 radical (unpaired) electrons. The van der Waals surface area contributed by atoms with E-state index in [0.29, 0.717) is 10.2 Å². The highest BCUT2D eigenvalue weighted by Crippen LogP contribution is 2.32. The number of carbonyl (C=O) groups excluding carboxylic acids is 2. The van der Waals surface area contributed by atoms with Crippen LogP contribution >= 0.6 is 23.4 Å². The molecule has 146 valence electrons. The van der Waals surface area contributed by atoms with Crippen LogP contribution in [-0.4, -0.2) is 34.2 Å². The second-order valence-electron chi connectivity index (χ2n) is 6.90. The zero-order valence-corrected chi connectivity index (χ0v) is 17.8. The van der Waals surface area contributed by atoms with Gasteiger partial charge in [-0.25, -0.2) is 4.99 Å². The lowest BCUT2D eigenvalue weighted by Crippen LogP contribution is -2.30. The molecule has 28 heavy (non-hydrogen) atoms. The number of benzene rings is 2. The highest BCUT2D eigenvalue weighted by Gasteiger charge is 2.37. The Hall–Kier alpha value is -2.31. The van der Waals surface area contributed by atoms with Crippen LogP contribution in [0, 0.1) is 20.8 Å². The summed E-state index contributed by atoms with van der Waals surface area (Å²) in [5.74, 6) is -0.302. The molecular formula is C21H22ClN3O2S. The van der Waals surface area contributed by atoms with Gasteiger partial charge < -0.3 is 5.32 Å². The molecule has 1 saturated heterocycles. The summed E-state index contributed by atoms with van der Waals surface area (Å²) in [5.41, 5.74) is 4.52. The van der Waals surface area contributed by atoms with Crippen molar-refractivity contribution in [2.75, 3.05) is 12.4 Å². The molecule has 7 heteroatoms. The lowest BCUT2D eigenvalue weighted by atomic mass is 10.1. The first-order valence-corrected chi connectivity index (χ1v) is 10.2. The van der Waals surface area contributed by atoms with Gasteiger partial charge in [0, 0.05) is 24.2 Å². The standard InChI is InChI=1S/C21H22ClN3O2S/c1-12-5-6-13(2)17(9-12)23-19(26)11-18-20(27)25(4)21(28-18)24-16-8-7-15(22)10-14(16)3/h5-10,18H,11H2,1-4H3,(H,23,26)/t18-/m0/s1. The fourth-order valence-electron chi connectivity index (χ4n) is 2.88. The first kappa shape index (κ1) is 20.4. The van der Waals surface area contributed by atoms with E-state index in [1.54, 1.807) is 13.1 Å². The molecule has 5 nitrogen and oxygen atoms in total. The fourth-order valence-corrected chi connectivity index (χ4v) is 4.26. The number of aliphatic imine (C=N–C) groups is 1. The molecule has 1 N–H and O–H groups in total. The number of thioether (sulfide) groups is 1. The lowest BCUT2D eigenvalue weighted by molar-refractivity contribution is -0.127. The second kappa shape index (κ2) is 8.37. The van der Waals surface area contributed by atoms with Gasteiger partial charge in [-0.3, -0.25) is 14.5 Å². The van der Waals surface area contributed by atoms with Crippen LogP contribution in [0.2, 0.25) is 5.02 Å². The Kier molecular flexibility index (Phi) is 6.10. The van der Waals surface area contributed by atoms with Crippen molar-refractivity contribution in [3.05, 3.63) is 58.1 Å². The van der Waals surface area contributed by atoms with Crippen LogP contribution in [0.4, 0.5) is 11.4 Å². The van der Waals surface area contributed by atoms with Crippen LogP contribution in [0.3, 0.4) is 0 Å². The number of amides is 2. The third-order valence-electron chi connectivity index (χ3n) is 4.55. The monoisotopic (exact) mass is 415 g/mol. The first-order chi connectivity index (χ1) is 13.2. The summed E-state index contributed by atoms with van der Waals surface area (Å²) < 4.78 is 0. The van der Waals surface area contributed by atoms with E-state index in [1.165, 1.54) is 16.7 Å². The molecule has 2 aromatic carbocycles. The van der Waals surface area contributed by atoms with Crippen LogP contribution in [0.25, 0.3) is 0 Å². The summed E-state index contributed by atoms with van der Waals surface area (Å²) in [6.45, 7) is 5.83. The van der Waals surface area contributed by atoms with Crippen molar-refractivity contribution in [1.29, 1.82) is 0 Å². The van der Waals surface area contributed by atoms with Gasteiger partial charge in [0.15, 0.2) is 5.17 Å². The third kappa shape index (κ3) is 4.56. The summed E-state index contributed by atoms with van der Waals surface area (Å²) in [5, 5.41) is 3.66. The molecule has 1 heterocycles. The van der Waals surface area contributed by atoms with E-state index in [-0.39, 0.29) is 18.2 Å². The molecule has 1 atom stereocenters. The number of rotatable bonds is 4. The van der Waals surface area contributed by atoms with E-state index >= 15 is 0 Å². The second-order valence-corrected chi connectivity index (χ2v) is 8.51. The minimum absolute atomic E-state index is 0.0971. The average Bonchev–Trinajstić information content (AvgIpc) is 2.88. The topological polar surface area (TPSA) is 61.8 Å². The number of aryl methyl sites for hydroxylation is 3. The van der Waals surface area contributed by atoms with Crippen LogP contribution in [0.15, 0.2) is 41.4 Å². The van der Waals surface area contributed by atoms with Gasteiger partial charge in [0.2, 0.25) is 11.8 Å². The van der Waals surface area contributed by atoms with E-state index in [0.717, 1.165) is 28.1 Å². The Labute approximate surface area is 174 Å². The lowest BCUT2D eigenvalue weighted by Gasteiger charge is -2.11. The summed E-state index contributed by atoms with van der Waals surface area (Å²) in [6, 6.07) is 11.3. The number of hydrogen-bond donors (Lipinski definition) is 1. The molecular weight excluding hydrogens is 394 g/mol. The van der Waals surface area contributed by atoms with Gasteiger partial charge in [0.1, 0.15) is 5.25 Å². The van der Waals surface area contributed by atoms with E-state index in [4.69, 9.17) is 11.6 Å². The highest BCUT2D eigenvalue weighted by molar-refractivity contribution is 8.15. The molecule has 0 aliphatic carbocycles. The Balaban J connectivity index is 1.71. The first-order valence-electron chi connectivity index (χ1n) is 8.91. The Morgan fingerprint density at radius 1 is 1.18 bits per heavy atom. The van der Waals surface area contributed by atoms with Gasteiger partial charge in [-0.15, -0.1) is 0 Å². The Morgan fingerprint density at radius 2 is 1.93 bits per heavy atom. The number of halogens is 1. The molecule has 3 rings (SSSR count). The van der Waals surface area contributed by atoms with Crippen LogP contribution in [0.5, 0.6) is 0 Å². The third-order valence-corrected chi connectivity index (χ3v) is 6.02. The molecule has 1 aliphatic rings. The molecule has 2 aromatic rings. The molecule has 2 amide bonds. The van der Waals surface area contributed by atoms with Gasteiger partial charge in [0.05, 0.1) is 5.69 Å². The number of nitrogens with zero attached hydrogens (tertiary/aromatic N) is 2. The smallest absolute Gasteiger partial charge is 0.242 e. The summed E-state index contributed by atoms with van der Waals surface area (Å²) in [4.78, 5) is 31.2. The van der Waals surface area contributed by atoms with Gasteiger partial charge in [0.25, 0.3) is 0 Å². The maximum Gasteiger partial charge on any atom is 0.242 e. The maximum absolute atomic E-state index is 12.6. The molecule has 0 unspecified atom stereocenters. The zero-order valence-electron chi connectivity index (χ0n) is 16.2. The minimum atomic E-state index is -0.485. The van der Waals surface area contributed by atoms with Crippen LogP contribution in [0.1, 0.15) is 23.1 Å². The zero-order chi connectivity index (χ0) is 20.4. The minimum Gasteiger partial charge on any atom is -0.326 e. The predicted molar refractivity (Wildman–Crippen MR) is 117 cm³/mol. The fraction of sp³-hybridized carbons (Fsp3) is 0.286. The molecule has 0 bridgehead atoms. The van der Waals surface area contributed by atoms with E-state index in [1.807, 2.05) is 51.1 Å². The quantitative estimate of drug-likeness (QED) is 0.775. The number of hydrogen-bond acceptors (Lipinski definition) is 4. The summed E-state index contributed by atoms with van der Waals surface area (Å²) in [6.07, 6.45) is 0.0971. The summed E-state index contributed by atoms with van der Waals surface area (Å²) in [7, 11) is 1.68. The number of nitrogens with one attached hydrogen (secondary N) is 1. The number of carbonyl (C=O) groups is 2. The SMILES string of the molecule is Cc1ccc(C)c(NC(=O)C[C@@H]2SC(=Nc3ccc(Cl)cc3C)N(C)C2=O)c1. The number of amidine groups is 1. The normalized spacial score (nSPS) is 18.0. The van der Waals surface area contributed by atoms with E-state index < -0.39 is 5.25 Å². The van der Waals surface area contributed by atoms with Gasteiger partial charge in [-0.1, -0.05) is 35.5 Å². The van der Waals surface area contributed by atoms with E-state index in [9.17, 15) is 9.59 Å². The molecule has 0 spiro atoms. The molecule has 0 saturated carbocycles. The van der Waals surface area contributed by atoms with Crippen molar-refractivity contribution in [3.8, 4) is 0 Å². The van der Waals surface area contributed by atoms with Crippen molar-refractivity contribution in [1.82, 2.24) is 4.90 Å². The molecule has 1 fully saturated rings. The van der Waals surface area contributed by atoms with E-state index in [2.05, 4.69) is 10.3 Å².